The number of rotatable bonds is 10. The fraction of sp³-hybridized carbons (Fsp3) is 0.769. The van der Waals surface area contributed by atoms with E-state index in [-0.39, 0.29) is 0 Å². The Hall–Kier alpha value is -0.790. The van der Waals surface area contributed by atoms with Gasteiger partial charge in [-0.05, 0) is 32.1 Å². The van der Waals surface area contributed by atoms with Gasteiger partial charge in [-0.2, -0.15) is 0 Å². The van der Waals surface area contributed by atoms with Gasteiger partial charge in [-0.15, -0.1) is 0 Å². The van der Waals surface area contributed by atoms with Gasteiger partial charge in [-0.25, -0.2) is 0 Å². The SMILES string of the molecule is CCCCCCC=CCCCCC(=O)O. The highest BCUT2D eigenvalue weighted by molar-refractivity contribution is 5.66. The van der Waals surface area contributed by atoms with Crippen LogP contribution < -0.4 is 0 Å². The lowest BCUT2D eigenvalue weighted by Gasteiger charge is -1.95. The van der Waals surface area contributed by atoms with Crippen LogP contribution in [0, 0.1) is 0 Å². The summed E-state index contributed by atoms with van der Waals surface area (Å²) in [6.45, 7) is 2.22. The van der Waals surface area contributed by atoms with E-state index in [4.69, 9.17) is 5.11 Å². The molecule has 0 fully saturated rings. The van der Waals surface area contributed by atoms with Gasteiger partial charge in [0.25, 0.3) is 0 Å². The van der Waals surface area contributed by atoms with Crippen LogP contribution in [0.15, 0.2) is 12.2 Å². The van der Waals surface area contributed by atoms with E-state index in [9.17, 15) is 4.79 Å². The maximum Gasteiger partial charge on any atom is 0.303 e. The molecule has 0 aliphatic carbocycles. The van der Waals surface area contributed by atoms with Crippen LogP contribution in [0.5, 0.6) is 0 Å². The number of hydrogen-bond acceptors (Lipinski definition) is 1. The average molecular weight is 212 g/mol. The van der Waals surface area contributed by atoms with Gasteiger partial charge in [0.05, 0.1) is 0 Å². The molecular weight excluding hydrogens is 188 g/mol. The van der Waals surface area contributed by atoms with Crippen molar-refractivity contribution in [1.82, 2.24) is 0 Å². The number of unbranched alkanes of at least 4 members (excludes halogenated alkanes) is 6. The van der Waals surface area contributed by atoms with Crippen LogP contribution in [0.2, 0.25) is 0 Å². The Morgan fingerprint density at radius 1 is 1.00 bits per heavy atom. The molecule has 0 amide bonds. The number of aliphatic carboxylic acids is 1. The Morgan fingerprint density at radius 3 is 2.13 bits per heavy atom. The third-order valence-electron chi connectivity index (χ3n) is 2.40. The minimum absolute atomic E-state index is 0.310. The van der Waals surface area contributed by atoms with E-state index in [1.165, 1.54) is 32.1 Å². The van der Waals surface area contributed by atoms with Crippen molar-refractivity contribution >= 4 is 5.97 Å². The zero-order valence-corrected chi connectivity index (χ0v) is 9.87. The van der Waals surface area contributed by atoms with E-state index in [2.05, 4.69) is 19.1 Å². The lowest BCUT2D eigenvalue weighted by molar-refractivity contribution is -0.137. The van der Waals surface area contributed by atoms with Crippen molar-refractivity contribution in [2.45, 2.75) is 64.7 Å². The Kier molecular flexibility index (Phi) is 10.7. The van der Waals surface area contributed by atoms with E-state index in [0.29, 0.717) is 6.42 Å². The Labute approximate surface area is 93.4 Å². The van der Waals surface area contributed by atoms with E-state index >= 15 is 0 Å². The van der Waals surface area contributed by atoms with Gasteiger partial charge in [0, 0.05) is 6.42 Å². The molecular formula is C13H24O2. The van der Waals surface area contributed by atoms with Gasteiger partial charge < -0.3 is 5.11 Å². The Balaban J connectivity index is 3.07. The van der Waals surface area contributed by atoms with Crippen molar-refractivity contribution in [1.29, 1.82) is 0 Å². The second-order valence-corrected chi connectivity index (χ2v) is 3.96. The minimum atomic E-state index is -0.682. The maximum atomic E-state index is 10.2. The Bertz CT molecular complexity index is 173. The molecule has 2 heteroatoms. The molecule has 0 aliphatic heterocycles. The summed E-state index contributed by atoms with van der Waals surface area (Å²) in [6, 6.07) is 0. The standard InChI is InChI=1S/C13H24O2/c1-2-3-4-5-6-7-8-9-10-11-12-13(14)15/h7-8H,2-6,9-12H2,1H3,(H,14,15). The summed E-state index contributed by atoms with van der Waals surface area (Å²) >= 11 is 0. The second kappa shape index (κ2) is 11.3. The predicted molar refractivity (Wildman–Crippen MR) is 64.0 cm³/mol. The first-order chi connectivity index (χ1) is 7.27. The van der Waals surface area contributed by atoms with Crippen molar-refractivity contribution in [2.24, 2.45) is 0 Å². The smallest absolute Gasteiger partial charge is 0.303 e. The monoisotopic (exact) mass is 212 g/mol. The summed E-state index contributed by atoms with van der Waals surface area (Å²) in [4.78, 5) is 10.2. The van der Waals surface area contributed by atoms with Crippen molar-refractivity contribution < 1.29 is 9.90 Å². The van der Waals surface area contributed by atoms with Crippen molar-refractivity contribution in [2.75, 3.05) is 0 Å². The second-order valence-electron chi connectivity index (χ2n) is 3.96. The third-order valence-corrected chi connectivity index (χ3v) is 2.40. The van der Waals surface area contributed by atoms with Crippen LogP contribution in [-0.2, 0) is 4.79 Å². The molecule has 0 aliphatic rings. The van der Waals surface area contributed by atoms with Crippen molar-refractivity contribution in [3.8, 4) is 0 Å². The summed E-state index contributed by atoms with van der Waals surface area (Å²) < 4.78 is 0. The molecule has 2 nitrogen and oxygen atoms in total. The molecule has 0 atom stereocenters. The quantitative estimate of drug-likeness (QED) is 0.436. The van der Waals surface area contributed by atoms with Crippen LogP contribution >= 0.6 is 0 Å². The van der Waals surface area contributed by atoms with Gasteiger partial charge >= 0.3 is 5.97 Å². The van der Waals surface area contributed by atoms with Gasteiger partial charge in [-0.1, -0.05) is 38.3 Å². The molecule has 0 unspecified atom stereocenters. The van der Waals surface area contributed by atoms with Gasteiger partial charge in [0.2, 0.25) is 0 Å². The van der Waals surface area contributed by atoms with Crippen LogP contribution in [0.4, 0.5) is 0 Å². The van der Waals surface area contributed by atoms with Crippen LogP contribution in [-0.4, -0.2) is 11.1 Å². The van der Waals surface area contributed by atoms with Crippen LogP contribution in [0.3, 0.4) is 0 Å². The normalized spacial score (nSPS) is 11.0. The average Bonchev–Trinajstić information content (AvgIpc) is 2.20. The topological polar surface area (TPSA) is 37.3 Å². The highest BCUT2D eigenvalue weighted by Crippen LogP contribution is 2.05. The molecule has 0 spiro atoms. The van der Waals surface area contributed by atoms with Gasteiger partial charge in [0.1, 0.15) is 0 Å². The molecule has 15 heavy (non-hydrogen) atoms. The summed E-state index contributed by atoms with van der Waals surface area (Å²) in [7, 11) is 0. The summed E-state index contributed by atoms with van der Waals surface area (Å²) in [5.74, 6) is -0.682. The van der Waals surface area contributed by atoms with E-state index < -0.39 is 5.97 Å². The molecule has 0 rings (SSSR count). The van der Waals surface area contributed by atoms with Gasteiger partial charge in [-0.3, -0.25) is 4.79 Å². The first-order valence-corrected chi connectivity index (χ1v) is 6.14. The van der Waals surface area contributed by atoms with E-state index in [0.717, 1.165) is 19.3 Å². The predicted octanol–water partition coefficient (Wildman–Crippen LogP) is 4.16. The first kappa shape index (κ1) is 14.2. The fourth-order valence-electron chi connectivity index (χ4n) is 1.46. The van der Waals surface area contributed by atoms with Crippen LogP contribution in [0.1, 0.15) is 64.7 Å². The highest BCUT2D eigenvalue weighted by atomic mass is 16.4. The summed E-state index contributed by atoms with van der Waals surface area (Å²) in [5.41, 5.74) is 0. The molecule has 1 N–H and O–H groups in total. The fourth-order valence-corrected chi connectivity index (χ4v) is 1.46. The molecule has 88 valence electrons. The molecule has 0 heterocycles. The molecule has 0 aromatic carbocycles. The highest BCUT2D eigenvalue weighted by Gasteiger charge is 1.94. The van der Waals surface area contributed by atoms with Crippen LogP contribution in [0.25, 0.3) is 0 Å². The molecule has 0 radical (unpaired) electrons. The van der Waals surface area contributed by atoms with Gasteiger partial charge in [0.15, 0.2) is 0 Å². The molecule has 0 saturated carbocycles. The van der Waals surface area contributed by atoms with E-state index in [1.54, 1.807) is 0 Å². The summed E-state index contributed by atoms with van der Waals surface area (Å²) in [6.07, 6.45) is 14.0. The zero-order chi connectivity index (χ0) is 11.4. The van der Waals surface area contributed by atoms with Crippen molar-refractivity contribution in [3.05, 3.63) is 12.2 Å². The lowest BCUT2D eigenvalue weighted by atomic mass is 10.1. The molecule has 0 bridgehead atoms. The first-order valence-electron chi connectivity index (χ1n) is 6.14. The maximum absolute atomic E-state index is 10.2. The Morgan fingerprint density at radius 2 is 1.60 bits per heavy atom. The zero-order valence-electron chi connectivity index (χ0n) is 9.87. The lowest BCUT2D eigenvalue weighted by Crippen LogP contribution is -1.92. The number of hydrogen-bond donors (Lipinski definition) is 1. The number of allylic oxidation sites excluding steroid dienone is 2. The summed E-state index contributed by atoms with van der Waals surface area (Å²) in [5, 5.41) is 8.42. The largest absolute Gasteiger partial charge is 0.481 e. The molecule has 0 aromatic rings. The molecule has 0 aromatic heterocycles. The third kappa shape index (κ3) is 13.2. The number of carboxylic acids is 1. The number of carboxylic acid groups (broad SMARTS) is 1. The van der Waals surface area contributed by atoms with Crippen molar-refractivity contribution in [3.63, 3.8) is 0 Å². The minimum Gasteiger partial charge on any atom is -0.481 e. The van der Waals surface area contributed by atoms with E-state index in [1.807, 2.05) is 0 Å². The number of carbonyl (C=O) groups is 1. The molecule has 0 saturated heterocycles.